The van der Waals surface area contributed by atoms with Crippen LogP contribution in [0.4, 0.5) is 5.69 Å². The zero-order chi connectivity index (χ0) is 19.4. The van der Waals surface area contributed by atoms with Gasteiger partial charge in [-0.3, -0.25) is 30.6 Å². The third kappa shape index (κ3) is 4.33. The van der Waals surface area contributed by atoms with Gasteiger partial charge in [0.2, 0.25) is 0 Å². The van der Waals surface area contributed by atoms with E-state index in [0.717, 1.165) is 25.7 Å². The second-order valence-electron chi connectivity index (χ2n) is 6.61. The second-order valence-corrected chi connectivity index (χ2v) is 7.75. The first-order valence-corrected chi connectivity index (χ1v) is 9.75. The fourth-order valence-electron chi connectivity index (χ4n) is 3.28. The zero-order valence-electron chi connectivity index (χ0n) is 15.0. The molecule has 1 heterocycles. The van der Waals surface area contributed by atoms with E-state index in [1.165, 1.54) is 40.7 Å². The largest absolute Gasteiger partial charge is 0.285 e. The van der Waals surface area contributed by atoms with Crippen LogP contribution < -0.4 is 10.9 Å². The van der Waals surface area contributed by atoms with Crippen molar-refractivity contribution in [1.29, 1.82) is 0 Å². The summed E-state index contributed by atoms with van der Waals surface area (Å²) < 4.78 is 0. The van der Waals surface area contributed by atoms with Crippen LogP contribution in [0.25, 0.3) is 0 Å². The van der Waals surface area contributed by atoms with E-state index >= 15 is 0 Å². The van der Waals surface area contributed by atoms with Crippen molar-refractivity contribution < 1.29 is 14.5 Å². The molecule has 0 fully saturated rings. The molecule has 2 amide bonds. The van der Waals surface area contributed by atoms with Gasteiger partial charge in [-0.25, -0.2) is 0 Å². The predicted octanol–water partition coefficient (Wildman–Crippen LogP) is 3.70. The van der Waals surface area contributed by atoms with Crippen LogP contribution in [0.2, 0.25) is 0 Å². The Morgan fingerprint density at radius 2 is 1.78 bits per heavy atom. The molecule has 142 valence electrons. The Labute approximate surface area is 160 Å². The Bertz CT molecular complexity index is 866. The summed E-state index contributed by atoms with van der Waals surface area (Å²) in [6, 6.07) is 6.39. The first-order valence-electron chi connectivity index (χ1n) is 8.93. The normalized spacial score (nSPS) is 13.8. The summed E-state index contributed by atoms with van der Waals surface area (Å²) in [7, 11) is 0. The summed E-state index contributed by atoms with van der Waals surface area (Å²) in [5, 5.41) is 11.2. The molecule has 3 rings (SSSR count). The maximum Gasteiger partial charge on any atom is 0.285 e. The molecule has 2 aromatic rings. The summed E-state index contributed by atoms with van der Waals surface area (Å²) >= 11 is 1.45. The summed E-state index contributed by atoms with van der Waals surface area (Å²) in [5.41, 5.74) is 5.92. The Kier molecular flexibility index (Phi) is 5.85. The molecule has 0 aliphatic heterocycles. The number of hydrogen-bond acceptors (Lipinski definition) is 5. The number of thiophene rings is 1. The standard InChI is InChI=1S/C19H21N3O4S/c1-12-7-6-9-14(17(12)22(25)26)18(23)20-21-19(24)16-11-13-8-4-2-3-5-10-15(13)27-16/h6-7,9,11H,2-5,8,10H2,1H3,(H,20,23)(H,21,24). The van der Waals surface area contributed by atoms with E-state index in [4.69, 9.17) is 0 Å². The van der Waals surface area contributed by atoms with Gasteiger partial charge in [-0.15, -0.1) is 11.3 Å². The van der Waals surface area contributed by atoms with Gasteiger partial charge in [0.15, 0.2) is 0 Å². The molecule has 8 heteroatoms. The molecule has 7 nitrogen and oxygen atoms in total. The fourth-order valence-corrected chi connectivity index (χ4v) is 4.43. The number of amides is 2. The molecule has 27 heavy (non-hydrogen) atoms. The van der Waals surface area contributed by atoms with Crippen LogP contribution in [-0.2, 0) is 12.8 Å². The fraction of sp³-hybridized carbons (Fsp3) is 0.368. The number of para-hydroxylation sites is 1. The average Bonchev–Trinajstić information content (AvgIpc) is 3.01. The molecule has 1 aliphatic carbocycles. The minimum absolute atomic E-state index is 0.0845. The molecular weight excluding hydrogens is 366 g/mol. The molecule has 0 saturated heterocycles. The van der Waals surface area contributed by atoms with Crippen LogP contribution in [0.15, 0.2) is 24.3 Å². The Hall–Kier alpha value is -2.74. The molecule has 0 saturated carbocycles. The molecule has 0 atom stereocenters. The third-order valence-corrected chi connectivity index (χ3v) is 5.91. The van der Waals surface area contributed by atoms with Crippen LogP contribution in [0, 0.1) is 17.0 Å². The van der Waals surface area contributed by atoms with Gasteiger partial charge in [-0.1, -0.05) is 25.0 Å². The van der Waals surface area contributed by atoms with Gasteiger partial charge in [0.1, 0.15) is 5.56 Å². The summed E-state index contributed by atoms with van der Waals surface area (Å²) in [5.74, 6) is -1.12. The number of hydrazine groups is 1. The van der Waals surface area contributed by atoms with Crippen molar-refractivity contribution in [2.45, 2.75) is 45.4 Å². The quantitative estimate of drug-likeness (QED) is 0.619. The van der Waals surface area contributed by atoms with Gasteiger partial charge < -0.3 is 0 Å². The minimum atomic E-state index is -0.714. The number of hydrogen-bond donors (Lipinski definition) is 2. The lowest BCUT2D eigenvalue weighted by atomic mass is 10.00. The van der Waals surface area contributed by atoms with Gasteiger partial charge in [0, 0.05) is 10.4 Å². The van der Waals surface area contributed by atoms with Crippen molar-refractivity contribution >= 4 is 28.8 Å². The van der Waals surface area contributed by atoms with Gasteiger partial charge in [-0.05, 0) is 50.3 Å². The van der Waals surface area contributed by atoms with E-state index in [-0.39, 0.29) is 11.3 Å². The monoisotopic (exact) mass is 387 g/mol. The van der Waals surface area contributed by atoms with Crippen molar-refractivity contribution in [3.05, 3.63) is 60.8 Å². The number of nitro groups is 1. The highest BCUT2D eigenvalue weighted by Crippen LogP contribution is 2.28. The van der Waals surface area contributed by atoms with E-state index in [2.05, 4.69) is 10.9 Å². The molecule has 0 spiro atoms. The summed E-state index contributed by atoms with van der Waals surface area (Å²) in [6.45, 7) is 1.56. The van der Waals surface area contributed by atoms with Gasteiger partial charge in [0.05, 0.1) is 9.80 Å². The topological polar surface area (TPSA) is 101 Å². The first-order chi connectivity index (χ1) is 13.0. The van der Waals surface area contributed by atoms with Gasteiger partial charge in [0.25, 0.3) is 17.5 Å². The summed E-state index contributed by atoms with van der Waals surface area (Å²) in [4.78, 5) is 37.1. The zero-order valence-corrected chi connectivity index (χ0v) is 15.9. The molecular formula is C19H21N3O4S. The van der Waals surface area contributed by atoms with Crippen molar-refractivity contribution in [2.24, 2.45) is 0 Å². The summed E-state index contributed by atoms with van der Waals surface area (Å²) in [6.07, 6.45) is 6.63. The second kappa shape index (κ2) is 8.30. The van der Waals surface area contributed by atoms with E-state index in [9.17, 15) is 19.7 Å². The van der Waals surface area contributed by atoms with E-state index in [0.29, 0.717) is 10.4 Å². The van der Waals surface area contributed by atoms with Crippen LogP contribution in [-0.4, -0.2) is 16.7 Å². The van der Waals surface area contributed by atoms with E-state index < -0.39 is 16.7 Å². The van der Waals surface area contributed by atoms with E-state index in [1.54, 1.807) is 19.1 Å². The van der Waals surface area contributed by atoms with Crippen molar-refractivity contribution in [2.75, 3.05) is 0 Å². The van der Waals surface area contributed by atoms with Crippen LogP contribution >= 0.6 is 11.3 Å². The van der Waals surface area contributed by atoms with Gasteiger partial charge >= 0.3 is 0 Å². The maximum atomic E-state index is 12.4. The van der Waals surface area contributed by atoms with Crippen LogP contribution in [0.5, 0.6) is 0 Å². The average molecular weight is 387 g/mol. The number of nitrogens with one attached hydrogen (secondary N) is 2. The number of benzene rings is 1. The lowest BCUT2D eigenvalue weighted by Gasteiger charge is -2.08. The lowest BCUT2D eigenvalue weighted by molar-refractivity contribution is -0.385. The molecule has 0 radical (unpaired) electrons. The van der Waals surface area contributed by atoms with E-state index in [1.807, 2.05) is 6.07 Å². The van der Waals surface area contributed by atoms with Gasteiger partial charge in [-0.2, -0.15) is 0 Å². The number of carbonyl (C=O) groups excluding carboxylic acids is 2. The number of nitrogens with zero attached hydrogens (tertiary/aromatic N) is 1. The van der Waals surface area contributed by atoms with Crippen molar-refractivity contribution in [3.8, 4) is 0 Å². The van der Waals surface area contributed by atoms with Crippen LogP contribution in [0.3, 0.4) is 0 Å². The number of carbonyl (C=O) groups is 2. The smallest absolute Gasteiger partial charge is 0.267 e. The molecule has 0 bridgehead atoms. The Morgan fingerprint density at radius 3 is 2.52 bits per heavy atom. The SMILES string of the molecule is Cc1cccc(C(=O)NNC(=O)c2cc3c(s2)CCCCCC3)c1[N+](=O)[O-]. The highest BCUT2D eigenvalue weighted by atomic mass is 32.1. The highest BCUT2D eigenvalue weighted by molar-refractivity contribution is 7.14. The lowest BCUT2D eigenvalue weighted by Crippen LogP contribution is -2.41. The molecule has 2 N–H and O–H groups in total. The third-order valence-electron chi connectivity index (χ3n) is 4.67. The maximum absolute atomic E-state index is 12.4. The molecule has 0 unspecified atom stereocenters. The molecule has 1 aliphatic rings. The number of fused-ring (bicyclic) bond motifs is 1. The van der Waals surface area contributed by atoms with Crippen molar-refractivity contribution in [3.63, 3.8) is 0 Å². The number of aryl methyl sites for hydroxylation is 3. The Balaban J connectivity index is 1.69. The van der Waals surface area contributed by atoms with Crippen molar-refractivity contribution in [1.82, 2.24) is 10.9 Å². The van der Waals surface area contributed by atoms with Crippen LogP contribution in [0.1, 0.15) is 61.7 Å². The number of nitro benzene ring substituents is 1. The minimum Gasteiger partial charge on any atom is -0.267 e. The highest BCUT2D eigenvalue weighted by Gasteiger charge is 2.23. The molecule has 1 aromatic carbocycles. The molecule has 1 aromatic heterocycles. The number of rotatable bonds is 3. The first kappa shape index (κ1) is 19.0. The Morgan fingerprint density at radius 1 is 1.07 bits per heavy atom. The predicted molar refractivity (Wildman–Crippen MR) is 103 cm³/mol.